The average Bonchev–Trinajstić information content (AvgIpc) is 2.93. The van der Waals surface area contributed by atoms with Crippen molar-refractivity contribution in [2.24, 2.45) is 0 Å². The van der Waals surface area contributed by atoms with Gasteiger partial charge in [-0.1, -0.05) is 0 Å². The Morgan fingerprint density at radius 3 is 3.12 bits per heavy atom. The Bertz CT molecular complexity index is 421. The van der Waals surface area contributed by atoms with Crippen LogP contribution in [0.1, 0.15) is 42.8 Å². The number of aromatic nitrogens is 2. The summed E-state index contributed by atoms with van der Waals surface area (Å²) in [5.41, 5.74) is 2.01. The first-order chi connectivity index (χ1) is 7.77. The monoisotopic (exact) mass is 222 g/mol. The summed E-state index contributed by atoms with van der Waals surface area (Å²) in [4.78, 5) is 15.3. The molecule has 0 spiro atoms. The summed E-state index contributed by atoms with van der Waals surface area (Å²) in [7, 11) is 0. The lowest BCUT2D eigenvalue weighted by molar-refractivity contribution is -0.140. The molecule has 3 heterocycles. The molecule has 2 atom stereocenters. The number of carboxylic acids is 1. The molecule has 0 saturated carbocycles. The minimum absolute atomic E-state index is 0.0868. The molecule has 1 aromatic heterocycles. The second-order valence-electron chi connectivity index (χ2n) is 4.38. The van der Waals surface area contributed by atoms with E-state index in [0.717, 1.165) is 37.3 Å². The van der Waals surface area contributed by atoms with Crippen LogP contribution >= 0.6 is 0 Å². The number of nitrogens with zero attached hydrogens (tertiary/aromatic N) is 2. The predicted octanol–water partition coefficient (Wildman–Crippen LogP) is 1.31. The van der Waals surface area contributed by atoms with Crippen LogP contribution < -0.4 is 0 Å². The van der Waals surface area contributed by atoms with Gasteiger partial charge >= 0.3 is 5.97 Å². The highest BCUT2D eigenvalue weighted by Crippen LogP contribution is 2.35. The van der Waals surface area contributed by atoms with Crippen LogP contribution in [0.25, 0.3) is 0 Å². The number of aliphatic carboxylic acids is 1. The van der Waals surface area contributed by atoms with Gasteiger partial charge in [-0.3, -0.25) is 0 Å². The quantitative estimate of drug-likeness (QED) is 0.819. The van der Waals surface area contributed by atoms with E-state index in [1.54, 1.807) is 10.9 Å². The van der Waals surface area contributed by atoms with Crippen molar-refractivity contribution in [2.75, 3.05) is 6.61 Å². The second kappa shape index (κ2) is 3.59. The molecule has 0 aliphatic carbocycles. The number of hydrogen-bond acceptors (Lipinski definition) is 3. The van der Waals surface area contributed by atoms with Crippen LogP contribution in [0.4, 0.5) is 0 Å². The van der Waals surface area contributed by atoms with Gasteiger partial charge in [0.05, 0.1) is 12.0 Å². The molecular formula is C11H14N2O3. The number of rotatable bonds is 2. The molecule has 1 fully saturated rings. The molecule has 86 valence electrons. The fourth-order valence-corrected chi connectivity index (χ4v) is 2.64. The van der Waals surface area contributed by atoms with Crippen molar-refractivity contribution in [1.29, 1.82) is 0 Å². The van der Waals surface area contributed by atoms with E-state index in [2.05, 4.69) is 4.98 Å². The van der Waals surface area contributed by atoms with Crippen LogP contribution in [0.5, 0.6) is 0 Å². The van der Waals surface area contributed by atoms with Crippen molar-refractivity contribution in [3.8, 4) is 0 Å². The van der Waals surface area contributed by atoms with Crippen molar-refractivity contribution >= 4 is 5.97 Å². The molecule has 0 bridgehead atoms. The Kier molecular flexibility index (Phi) is 2.21. The minimum Gasteiger partial charge on any atom is -0.480 e. The van der Waals surface area contributed by atoms with Crippen molar-refractivity contribution in [3.05, 3.63) is 17.7 Å². The fourth-order valence-electron chi connectivity index (χ4n) is 2.64. The lowest BCUT2D eigenvalue weighted by Gasteiger charge is -2.08. The zero-order valence-electron chi connectivity index (χ0n) is 8.93. The number of ether oxygens (including phenoxy) is 1. The van der Waals surface area contributed by atoms with E-state index in [1.807, 2.05) is 0 Å². The summed E-state index contributed by atoms with van der Waals surface area (Å²) in [6.07, 6.45) is 5.28. The molecule has 1 saturated heterocycles. The molecule has 2 aliphatic heterocycles. The zero-order valence-corrected chi connectivity index (χ0v) is 8.93. The normalized spacial score (nSPS) is 28.2. The van der Waals surface area contributed by atoms with Gasteiger partial charge in [0.2, 0.25) is 0 Å². The van der Waals surface area contributed by atoms with Gasteiger partial charge in [0, 0.05) is 12.3 Å². The Hall–Kier alpha value is -1.36. The standard InChI is InChI=1S/C11H14N2O3/c14-11(15)8-4-3-7-10(12-6-13(7)8)9-2-1-5-16-9/h6,8-9H,1-5H2,(H,14,15). The van der Waals surface area contributed by atoms with Crippen molar-refractivity contribution in [2.45, 2.75) is 37.8 Å². The van der Waals surface area contributed by atoms with Crippen molar-refractivity contribution < 1.29 is 14.6 Å². The molecule has 16 heavy (non-hydrogen) atoms. The topological polar surface area (TPSA) is 64.3 Å². The lowest BCUT2D eigenvalue weighted by Crippen LogP contribution is -2.14. The summed E-state index contributed by atoms with van der Waals surface area (Å²) in [6.45, 7) is 0.791. The van der Waals surface area contributed by atoms with E-state index in [0.29, 0.717) is 6.42 Å². The van der Waals surface area contributed by atoms with E-state index in [4.69, 9.17) is 9.84 Å². The highest BCUT2D eigenvalue weighted by atomic mass is 16.5. The van der Waals surface area contributed by atoms with E-state index in [1.165, 1.54) is 0 Å². The SMILES string of the molecule is O=C(O)C1CCc2c(C3CCCO3)ncn21. The number of imidazole rings is 1. The van der Waals surface area contributed by atoms with Gasteiger partial charge in [0.1, 0.15) is 12.1 Å². The molecule has 1 N–H and O–H groups in total. The Morgan fingerprint density at radius 1 is 1.56 bits per heavy atom. The molecule has 0 aromatic carbocycles. The Balaban J connectivity index is 1.93. The third-order valence-corrected chi connectivity index (χ3v) is 3.44. The molecule has 3 rings (SSSR count). The molecular weight excluding hydrogens is 208 g/mol. The maximum absolute atomic E-state index is 11.0. The van der Waals surface area contributed by atoms with Crippen LogP contribution in [0.2, 0.25) is 0 Å². The number of carboxylic acid groups (broad SMARTS) is 1. The molecule has 0 amide bonds. The van der Waals surface area contributed by atoms with Crippen LogP contribution in [0.3, 0.4) is 0 Å². The molecule has 5 nitrogen and oxygen atoms in total. The summed E-state index contributed by atoms with van der Waals surface area (Å²) in [5, 5.41) is 9.05. The number of carbonyl (C=O) groups is 1. The number of hydrogen-bond donors (Lipinski definition) is 1. The highest BCUT2D eigenvalue weighted by molar-refractivity contribution is 5.72. The lowest BCUT2D eigenvalue weighted by atomic mass is 10.1. The first-order valence-corrected chi connectivity index (χ1v) is 5.67. The van der Waals surface area contributed by atoms with Gasteiger partial charge in [-0.2, -0.15) is 0 Å². The van der Waals surface area contributed by atoms with E-state index < -0.39 is 12.0 Å². The first kappa shape index (κ1) is 9.84. The number of fused-ring (bicyclic) bond motifs is 1. The Morgan fingerprint density at radius 2 is 2.44 bits per heavy atom. The molecule has 0 radical (unpaired) electrons. The molecule has 2 unspecified atom stereocenters. The van der Waals surface area contributed by atoms with Crippen LogP contribution in [-0.4, -0.2) is 27.2 Å². The van der Waals surface area contributed by atoms with E-state index >= 15 is 0 Å². The Labute approximate surface area is 93.0 Å². The van der Waals surface area contributed by atoms with Crippen LogP contribution in [0.15, 0.2) is 6.33 Å². The van der Waals surface area contributed by atoms with E-state index in [9.17, 15) is 4.79 Å². The summed E-state index contributed by atoms with van der Waals surface area (Å²) in [5.74, 6) is -0.768. The van der Waals surface area contributed by atoms with Gasteiger partial charge in [-0.25, -0.2) is 9.78 Å². The molecule has 1 aromatic rings. The van der Waals surface area contributed by atoms with Gasteiger partial charge in [0.25, 0.3) is 0 Å². The molecule has 5 heteroatoms. The van der Waals surface area contributed by atoms with E-state index in [-0.39, 0.29) is 6.10 Å². The summed E-state index contributed by atoms with van der Waals surface area (Å²) >= 11 is 0. The smallest absolute Gasteiger partial charge is 0.326 e. The highest BCUT2D eigenvalue weighted by Gasteiger charge is 2.33. The van der Waals surface area contributed by atoms with Gasteiger partial charge in [-0.15, -0.1) is 0 Å². The zero-order chi connectivity index (χ0) is 11.1. The largest absolute Gasteiger partial charge is 0.480 e. The summed E-state index contributed by atoms with van der Waals surface area (Å²) < 4.78 is 7.39. The van der Waals surface area contributed by atoms with Gasteiger partial charge in [0.15, 0.2) is 0 Å². The third-order valence-electron chi connectivity index (χ3n) is 3.44. The fraction of sp³-hybridized carbons (Fsp3) is 0.636. The maximum Gasteiger partial charge on any atom is 0.326 e. The van der Waals surface area contributed by atoms with Gasteiger partial charge < -0.3 is 14.4 Å². The first-order valence-electron chi connectivity index (χ1n) is 5.67. The van der Waals surface area contributed by atoms with Crippen molar-refractivity contribution in [3.63, 3.8) is 0 Å². The van der Waals surface area contributed by atoms with Crippen molar-refractivity contribution in [1.82, 2.24) is 9.55 Å². The second-order valence-corrected chi connectivity index (χ2v) is 4.38. The maximum atomic E-state index is 11.0. The average molecular weight is 222 g/mol. The van der Waals surface area contributed by atoms with Crippen LogP contribution in [-0.2, 0) is 16.0 Å². The summed E-state index contributed by atoms with van der Waals surface area (Å²) in [6, 6.07) is -0.433. The minimum atomic E-state index is -0.768. The predicted molar refractivity (Wildman–Crippen MR) is 55.1 cm³/mol. The van der Waals surface area contributed by atoms with Crippen LogP contribution in [0, 0.1) is 0 Å². The molecule has 2 aliphatic rings. The van der Waals surface area contributed by atoms with Gasteiger partial charge in [-0.05, 0) is 25.7 Å². The third kappa shape index (κ3) is 1.35.